The number of esters is 1. The molecule has 1 N–H and O–H groups in total. The summed E-state index contributed by atoms with van der Waals surface area (Å²) in [6.45, 7) is 3.39. The summed E-state index contributed by atoms with van der Waals surface area (Å²) in [6.07, 6.45) is 2.17. The van der Waals surface area contributed by atoms with Gasteiger partial charge in [0, 0.05) is 6.42 Å². The van der Waals surface area contributed by atoms with Crippen molar-refractivity contribution in [1.82, 2.24) is 4.98 Å². The predicted molar refractivity (Wildman–Crippen MR) is 78.8 cm³/mol. The van der Waals surface area contributed by atoms with Gasteiger partial charge >= 0.3 is 5.97 Å². The third-order valence-corrected chi connectivity index (χ3v) is 3.65. The van der Waals surface area contributed by atoms with Gasteiger partial charge in [-0.15, -0.1) is 0 Å². The van der Waals surface area contributed by atoms with Crippen molar-refractivity contribution in [2.75, 3.05) is 12.4 Å². The van der Waals surface area contributed by atoms with E-state index >= 15 is 0 Å². The Morgan fingerprint density at radius 3 is 3.00 bits per heavy atom. The number of methoxy groups -OCH3 is 1. The van der Waals surface area contributed by atoms with Gasteiger partial charge in [-0.2, -0.15) is 0 Å². The molecule has 20 heavy (non-hydrogen) atoms. The third kappa shape index (κ3) is 3.42. The van der Waals surface area contributed by atoms with Gasteiger partial charge in [-0.05, 0) is 30.2 Å². The lowest BCUT2D eigenvalue weighted by molar-refractivity contribution is -0.140. The average molecular weight is 290 g/mol. The van der Waals surface area contributed by atoms with Gasteiger partial charge < -0.3 is 4.74 Å². The minimum Gasteiger partial charge on any atom is -0.469 e. The Balaban J connectivity index is 2.15. The quantitative estimate of drug-likeness (QED) is 0.678. The van der Waals surface area contributed by atoms with Crippen molar-refractivity contribution in [3.8, 4) is 0 Å². The topological polar surface area (TPSA) is 68.3 Å². The standard InChI is InChI=1S/C14H14N2O3S/c1-3-12(17)16-14-15-10-6-4-9(8-11(10)20-14)5-7-13(18)19-2/h3-4,6,8H,1,5,7H2,2H3,(H,15,16,17). The van der Waals surface area contributed by atoms with E-state index < -0.39 is 0 Å². The van der Waals surface area contributed by atoms with E-state index in [9.17, 15) is 9.59 Å². The molecule has 6 heteroatoms. The highest BCUT2D eigenvalue weighted by Gasteiger charge is 2.07. The van der Waals surface area contributed by atoms with Gasteiger partial charge in [0.15, 0.2) is 5.13 Å². The number of fused-ring (bicyclic) bond motifs is 1. The van der Waals surface area contributed by atoms with E-state index in [1.54, 1.807) is 0 Å². The van der Waals surface area contributed by atoms with Crippen molar-refractivity contribution < 1.29 is 14.3 Å². The second kappa shape index (κ2) is 6.29. The summed E-state index contributed by atoms with van der Waals surface area (Å²) in [6, 6.07) is 5.77. The molecule has 0 fully saturated rings. The van der Waals surface area contributed by atoms with Crippen LogP contribution in [-0.4, -0.2) is 24.0 Å². The van der Waals surface area contributed by atoms with Gasteiger partial charge in [0.1, 0.15) is 0 Å². The number of hydrogen-bond acceptors (Lipinski definition) is 5. The van der Waals surface area contributed by atoms with Crippen molar-refractivity contribution in [2.24, 2.45) is 0 Å². The van der Waals surface area contributed by atoms with Crippen LogP contribution in [0, 0.1) is 0 Å². The number of rotatable bonds is 5. The summed E-state index contributed by atoms with van der Waals surface area (Å²) in [5, 5.41) is 3.17. The van der Waals surface area contributed by atoms with Crippen LogP contribution in [0.3, 0.4) is 0 Å². The van der Waals surface area contributed by atoms with Crippen LogP contribution in [0.4, 0.5) is 5.13 Å². The number of benzene rings is 1. The Morgan fingerprint density at radius 2 is 2.30 bits per heavy atom. The van der Waals surface area contributed by atoms with E-state index in [2.05, 4.69) is 21.6 Å². The van der Waals surface area contributed by atoms with Crippen LogP contribution in [0.25, 0.3) is 10.2 Å². The lowest BCUT2D eigenvalue weighted by Crippen LogP contribution is -2.06. The Hall–Kier alpha value is -2.21. The van der Waals surface area contributed by atoms with Crippen molar-refractivity contribution in [3.05, 3.63) is 36.4 Å². The molecule has 1 heterocycles. The SMILES string of the molecule is C=CC(=O)Nc1nc2ccc(CCC(=O)OC)cc2s1. The van der Waals surface area contributed by atoms with Crippen LogP contribution in [0.5, 0.6) is 0 Å². The van der Waals surface area contributed by atoms with Crippen molar-refractivity contribution in [1.29, 1.82) is 0 Å². The van der Waals surface area contributed by atoms with Crippen LogP contribution < -0.4 is 5.32 Å². The molecule has 0 atom stereocenters. The summed E-state index contributed by atoms with van der Waals surface area (Å²) >= 11 is 1.39. The number of hydrogen-bond donors (Lipinski definition) is 1. The largest absolute Gasteiger partial charge is 0.469 e. The lowest BCUT2D eigenvalue weighted by atomic mass is 10.1. The number of nitrogens with zero attached hydrogens (tertiary/aromatic N) is 1. The molecule has 0 spiro atoms. The molecule has 0 radical (unpaired) electrons. The molecular formula is C14H14N2O3S. The fraction of sp³-hybridized carbons (Fsp3) is 0.214. The Bertz CT molecular complexity index is 663. The van der Waals surface area contributed by atoms with Crippen LogP contribution in [0.1, 0.15) is 12.0 Å². The zero-order valence-electron chi connectivity index (χ0n) is 11.0. The van der Waals surface area contributed by atoms with E-state index in [-0.39, 0.29) is 11.9 Å². The Morgan fingerprint density at radius 1 is 1.50 bits per heavy atom. The monoisotopic (exact) mass is 290 g/mol. The molecule has 104 valence electrons. The van der Waals surface area contributed by atoms with Crippen LogP contribution in [0.2, 0.25) is 0 Å². The molecule has 0 saturated heterocycles. The minimum absolute atomic E-state index is 0.228. The number of aromatic nitrogens is 1. The van der Waals surface area contributed by atoms with E-state index in [1.165, 1.54) is 24.5 Å². The first-order valence-corrected chi connectivity index (χ1v) is 6.83. The molecular weight excluding hydrogens is 276 g/mol. The molecule has 5 nitrogen and oxygen atoms in total. The molecule has 0 aliphatic rings. The van der Waals surface area contributed by atoms with Crippen LogP contribution in [-0.2, 0) is 20.7 Å². The van der Waals surface area contributed by atoms with Gasteiger partial charge in [0.05, 0.1) is 17.3 Å². The van der Waals surface area contributed by atoms with Crippen molar-refractivity contribution >= 4 is 38.6 Å². The molecule has 2 aromatic rings. The first-order valence-electron chi connectivity index (χ1n) is 6.02. The highest BCUT2D eigenvalue weighted by atomic mass is 32.1. The molecule has 2 rings (SSSR count). The van der Waals surface area contributed by atoms with Gasteiger partial charge in [-0.25, -0.2) is 4.98 Å². The van der Waals surface area contributed by atoms with Gasteiger partial charge in [0.25, 0.3) is 0 Å². The number of ether oxygens (including phenoxy) is 1. The highest BCUT2D eigenvalue weighted by Crippen LogP contribution is 2.27. The number of carbonyl (C=O) groups excluding carboxylic acids is 2. The van der Waals surface area contributed by atoms with E-state index in [0.29, 0.717) is 18.0 Å². The first kappa shape index (κ1) is 14.2. The van der Waals surface area contributed by atoms with Crippen LogP contribution >= 0.6 is 11.3 Å². The van der Waals surface area contributed by atoms with Gasteiger partial charge in [0.2, 0.25) is 5.91 Å². The molecule has 0 unspecified atom stereocenters. The molecule has 0 bridgehead atoms. The fourth-order valence-corrected chi connectivity index (χ4v) is 2.62. The molecule has 1 aromatic heterocycles. The lowest BCUT2D eigenvalue weighted by Gasteiger charge is -2.00. The number of nitrogens with one attached hydrogen (secondary N) is 1. The maximum atomic E-state index is 11.2. The minimum atomic E-state index is -0.282. The fourth-order valence-electron chi connectivity index (χ4n) is 1.68. The first-order chi connectivity index (χ1) is 9.62. The second-order valence-corrected chi connectivity index (χ2v) is 5.12. The molecule has 1 aromatic carbocycles. The number of amides is 1. The maximum Gasteiger partial charge on any atom is 0.305 e. The Labute approximate surface area is 120 Å². The average Bonchev–Trinajstić information content (AvgIpc) is 2.85. The maximum absolute atomic E-state index is 11.2. The zero-order chi connectivity index (χ0) is 14.5. The van der Waals surface area contributed by atoms with Crippen molar-refractivity contribution in [2.45, 2.75) is 12.8 Å². The number of aryl methyl sites for hydroxylation is 1. The summed E-state index contributed by atoms with van der Waals surface area (Å²) in [5.41, 5.74) is 1.85. The molecule has 0 saturated carbocycles. The number of thiazole rings is 1. The van der Waals surface area contributed by atoms with Gasteiger partial charge in [-0.1, -0.05) is 24.0 Å². The second-order valence-electron chi connectivity index (χ2n) is 4.09. The molecule has 0 aliphatic heterocycles. The van der Waals surface area contributed by atoms with Crippen molar-refractivity contribution in [3.63, 3.8) is 0 Å². The Kier molecular flexibility index (Phi) is 4.47. The summed E-state index contributed by atoms with van der Waals surface area (Å²) in [7, 11) is 1.38. The molecule has 1 amide bonds. The normalized spacial score (nSPS) is 10.2. The van der Waals surface area contributed by atoms with E-state index in [4.69, 9.17) is 0 Å². The summed E-state index contributed by atoms with van der Waals surface area (Å²) in [5.74, 6) is -0.511. The van der Waals surface area contributed by atoms with E-state index in [0.717, 1.165) is 15.8 Å². The summed E-state index contributed by atoms with van der Waals surface area (Å²) in [4.78, 5) is 26.6. The summed E-state index contributed by atoms with van der Waals surface area (Å²) < 4.78 is 5.58. The van der Waals surface area contributed by atoms with Crippen LogP contribution in [0.15, 0.2) is 30.9 Å². The van der Waals surface area contributed by atoms with Gasteiger partial charge in [-0.3, -0.25) is 14.9 Å². The smallest absolute Gasteiger partial charge is 0.305 e. The molecule has 0 aliphatic carbocycles. The number of anilines is 1. The zero-order valence-corrected chi connectivity index (χ0v) is 11.8. The third-order valence-electron chi connectivity index (χ3n) is 2.71. The number of carbonyl (C=O) groups is 2. The highest BCUT2D eigenvalue weighted by molar-refractivity contribution is 7.22. The predicted octanol–water partition coefficient (Wildman–Crippen LogP) is 2.53. The van der Waals surface area contributed by atoms with E-state index in [1.807, 2.05) is 18.2 Å².